The van der Waals surface area contributed by atoms with Gasteiger partial charge < -0.3 is 20.1 Å². The minimum Gasteiger partial charge on any atom is -0.481 e. The summed E-state index contributed by atoms with van der Waals surface area (Å²) in [5.74, 6) is 0.102. The van der Waals surface area contributed by atoms with E-state index in [4.69, 9.17) is 4.74 Å². The Kier molecular flexibility index (Phi) is 4.76. The molecule has 2 amide bonds. The van der Waals surface area contributed by atoms with Crippen molar-refractivity contribution in [2.24, 2.45) is 11.3 Å². The fraction of sp³-hybridized carbons (Fsp3) is 0.556. The first kappa shape index (κ1) is 16.8. The summed E-state index contributed by atoms with van der Waals surface area (Å²) < 4.78 is 5.05. The summed E-state index contributed by atoms with van der Waals surface area (Å²) >= 11 is 0. The molecule has 0 radical (unpaired) electrons. The second-order valence-corrected chi connectivity index (χ2v) is 6.89. The Morgan fingerprint density at radius 3 is 2.79 bits per heavy atom. The number of carboxylic acid groups (broad SMARTS) is 1. The van der Waals surface area contributed by atoms with E-state index in [0.29, 0.717) is 31.3 Å². The van der Waals surface area contributed by atoms with E-state index in [-0.39, 0.29) is 19.2 Å². The molecule has 1 aromatic carbocycles. The molecule has 130 valence electrons. The zero-order valence-electron chi connectivity index (χ0n) is 13.9. The number of carbonyl (C=O) groups excluding carboxylic acids is 1. The lowest BCUT2D eigenvalue weighted by Crippen LogP contribution is -2.43. The van der Waals surface area contributed by atoms with E-state index >= 15 is 0 Å². The maximum absolute atomic E-state index is 12.3. The van der Waals surface area contributed by atoms with E-state index in [1.54, 1.807) is 4.90 Å². The van der Waals surface area contributed by atoms with Crippen molar-refractivity contribution in [2.75, 3.05) is 33.4 Å². The van der Waals surface area contributed by atoms with Crippen LogP contribution in [0.15, 0.2) is 30.3 Å². The number of amides is 2. The largest absolute Gasteiger partial charge is 0.481 e. The first-order chi connectivity index (χ1) is 11.6. The lowest BCUT2D eigenvalue weighted by molar-refractivity contribution is -0.151. The lowest BCUT2D eigenvalue weighted by Gasteiger charge is -2.24. The second-order valence-electron chi connectivity index (χ2n) is 6.89. The number of urea groups is 1. The molecule has 0 aromatic heterocycles. The van der Waals surface area contributed by atoms with Crippen LogP contribution in [-0.2, 0) is 9.53 Å². The van der Waals surface area contributed by atoms with Gasteiger partial charge in [-0.2, -0.15) is 0 Å². The molecule has 2 N–H and O–H groups in total. The van der Waals surface area contributed by atoms with Crippen LogP contribution in [-0.4, -0.2) is 55.4 Å². The molecular formula is C18H24N2O4. The van der Waals surface area contributed by atoms with E-state index < -0.39 is 11.4 Å². The average molecular weight is 332 g/mol. The highest BCUT2D eigenvalue weighted by atomic mass is 16.5. The number of nitrogens with one attached hydrogen (secondary N) is 1. The number of benzene rings is 1. The molecule has 24 heavy (non-hydrogen) atoms. The van der Waals surface area contributed by atoms with Crippen LogP contribution in [0, 0.1) is 11.3 Å². The maximum atomic E-state index is 12.3. The van der Waals surface area contributed by atoms with Gasteiger partial charge in [0.25, 0.3) is 0 Å². The Balaban J connectivity index is 1.48. The highest BCUT2D eigenvalue weighted by Crippen LogP contribution is 2.46. The number of hydrogen-bond donors (Lipinski definition) is 2. The van der Waals surface area contributed by atoms with Crippen LogP contribution < -0.4 is 5.32 Å². The topological polar surface area (TPSA) is 78.9 Å². The van der Waals surface area contributed by atoms with Gasteiger partial charge in [0.1, 0.15) is 5.41 Å². The molecule has 6 heteroatoms. The first-order valence-corrected chi connectivity index (χ1v) is 8.36. The number of carbonyl (C=O) groups is 2. The number of rotatable bonds is 6. The van der Waals surface area contributed by atoms with Crippen molar-refractivity contribution in [3.8, 4) is 0 Å². The van der Waals surface area contributed by atoms with E-state index in [2.05, 4.69) is 17.4 Å². The van der Waals surface area contributed by atoms with E-state index in [1.165, 1.54) is 12.7 Å². The van der Waals surface area contributed by atoms with Crippen LogP contribution >= 0.6 is 0 Å². The van der Waals surface area contributed by atoms with Crippen molar-refractivity contribution < 1.29 is 19.4 Å². The van der Waals surface area contributed by atoms with Gasteiger partial charge in [-0.25, -0.2) is 4.79 Å². The fourth-order valence-electron chi connectivity index (χ4n) is 3.59. The fourth-order valence-corrected chi connectivity index (χ4v) is 3.59. The molecule has 1 aliphatic carbocycles. The summed E-state index contributed by atoms with van der Waals surface area (Å²) in [4.78, 5) is 25.4. The summed E-state index contributed by atoms with van der Waals surface area (Å²) in [6.07, 6.45) is 1.52. The van der Waals surface area contributed by atoms with Gasteiger partial charge in [0.2, 0.25) is 0 Å². The normalized spacial score (nSPS) is 28.6. The van der Waals surface area contributed by atoms with Crippen LogP contribution in [0.1, 0.15) is 24.3 Å². The Morgan fingerprint density at radius 2 is 2.12 bits per heavy atom. The number of likely N-dealkylation sites (tertiary alicyclic amines) is 1. The molecule has 2 fully saturated rings. The highest BCUT2D eigenvalue weighted by Gasteiger charge is 2.47. The van der Waals surface area contributed by atoms with Crippen LogP contribution in [0.25, 0.3) is 0 Å². The lowest BCUT2D eigenvalue weighted by atomic mass is 9.88. The summed E-state index contributed by atoms with van der Waals surface area (Å²) in [6, 6.07) is 10.2. The predicted octanol–water partition coefficient (Wildman–Crippen LogP) is 1.92. The quantitative estimate of drug-likeness (QED) is 0.834. The number of carboxylic acids is 1. The minimum atomic E-state index is -0.974. The van der Waals surface area contributed by atoms with E-state index in [9.17, 15) is 14.7 Å². The van der Waals surface area contributed by atoms with Crippen LogP contribution in [0.2, 0.25) is 0 Å². The molecule has 1 saturated carbocycles. The molecular weight excluding hydrogens is 308 g/mol. The molecule has 3 atom stereocenters. The van der Waals surface area contributed by atoms with Crippen LogP contribution in [0.3, 0.4) is 0 Å². The van der Waals surface area contributed by atoms with Gasteiger partial charge >= 0.3 is 12.0 Å². The van der Waals surface area contributed by atoms with E-state index in [0.717, 1.165) is 6.42 Å². The zero-order valence-corrected chi connectivity index (χ0v) is 13.9. The molecule has 1 unspecified atom stereocenters. The van der Waals surface area contributed by atoms with Crippen molar-refractivity contribution >= 4 is 12.0 Å². The monoisotopic (exact) mass is 332 g/mol. The number of ether oxygens (including phenoxy) is 1. The standard InChI is InChI=1S/C18H24N2O4/c1-24-12-18(16(21)22)7-8-20(11-18)17(23)19-10-14-9-15(14)13-5-3-2-4-6-13/h2-6,14-15H,7-12H2,1H3,(H,19,23)(H,21,22)/t14-,15-,18?/m0/s1. The predicted molar refractivity (Wildman–Crippen MR) is 88.8 cm³/mol. The number of methoxy groups -OCH3 is 1. The number of aliphatic carboxylic acids is 1. The molecule has 6 nitrogen and oxygen atoms in total. The Hall–Kier alpha value is -2.08. The van der Waals surface area contributed by atoms with Gasteiger partial charge in [-0.05, 0) is 30.2 Å². The highest BCUT2D eigenvalue weighted by molar-refractivity contribution is 5.80. The molecule has 3 rings (SSSR count). The first-order valence-electron chi connectivity index (χ1n) is 8.36. The number of nitrogens with zero attached hydrogens (tertiary/aromatic N) is 1. The third-order valence-corrected chi connectivity index (χ3v) is 5.18. The number of hydrogen-bond acceptors (Lipinski definition) is 3. The molecule has 2 aliphatic rings. The van der Waals surface area contributed by atoms with Crippen LogP contribution in [0.4, 0.5) is 4.79 Å². The molecule has 1 heterocycles. The van der Waals surface area contributed by atoms with Gasteiger partial charge in [-0.3, -0.25) is 4.79 Å². The van der Waals surface area contributed by atoms with Crippen molar-refractivity contribution in [3.63, 3.8) is 0 Å². The SMILES string of the molecule is COCC1(C(=O)O)CCN(C(=O)NC[C@@H]2C[C@H]2c2ccccc2)C1. The smallest absolute Gasteiger partial charge is 0.317 e. The van der Waals surface area contributed by atoms with Gasteiger partial charge in [0.05, 0.1) is 6.61 Å². The summed E-state index contributed by atoms with van der Waals surface area (Å²) in [5, 5.41) is 12.4. The molecule has 1 saturated heterocycles. The van der Waals surface area contributed by atoms with Crippen molar-refractivity contribution in [1.82, 2.24) is 10.2 Å². The third-order valence-electron chi connectivity index (χ3n) is 5.18. The zero-order chi connectivity index (χ0) is 17.2. The molecule has 1 aliphatic heterocycles. The second kappa shape index (κ2) is 6.81. The summed E-state index contributed by atoms with van der Waals surface area (Å²) in [5.41, 5.74) is 0.348. The van der Waals surface area contributed by atoms with Crippen molar-refractivity contribution in [2.45, 2.75) is 18.8 Å². The minimum absolute atomic E-state index is 0.130. The van der Waals surface area contributed by atoms with Gasteiger partial charge in [-0.1, -0.05) is 30.3 Å². The Bertz CT molecular complexity index is 606. The summed E-state index contributed by atoms with van der Waals surface area (Å²) in [6.45, 7) is 1.42. The Labute approximate surface area is 141 Å². The van der Waals surface area contributed by atoms with Crippen molar-refractivity contribution in [3.05, 3.63) is 35.9 Å². The molecule has 0 bridgehead atoms. The maximum Gasteiger partial charge on any atom is 0.317 e. The van der Waals surface area contributed by atoms with E-state index in [1.807, 2.05) is 18.2 Å². The average Bonchev–Trinajstić information content (AvgIpc) is 3.24. The van der Waals surface area contributed by atoms with Gasteiger partial charge in [0.15, 0.2) is 0 Å². The molecule has 0 spiro atoms. The van der Waals surface area contributed by atoms with Crippen molar-refractivity contribution in [1.29, 1.82) is 0 Å². The Morgan fingerprint density at radius 1 is 1.38 bits per heavy atom. The van der Waals surface area contributed by atoms with Gasteiger partial charge in [0, 0.05) is 26.7 Å². The summed E-state index contributed by atoms with van der Waals surface area (Å²) in [7, 11) is 1.49. The molecule has 1 aromatic rings. The van der Waals surface area contributed by atoms with Crippen LogP contribution in [0.5, 0.6) is 0 Å². The third kappa shape index (κ3) is 3.38. The van der Waals surface area contributed by atoms with Gasteiger partial charge in [-0.15, -0.1) is 0 Å².